The summed E-state index contributed by atoms with van der Waals surface area (Å²) in [6, 6.07) is 8.25. The van der Waals surface area contributed by atoms with Gasteiger partial charge in [0.15, 0.2) is 0 Å². The highest BCUT2D eigenvalue weighted by Gasteiger charge is 2.18. The Morgan fingerprint density at radius 1 is 1.25 bits per heavy atom. The molecule has 4 rings (SSSR count). The number of hydrogen-bond donors (Lipinski definition) is 1. The lowest BCUT2D eigenvalue weighted by Crippen LogP contribution is -2.22. The number of thioether (sulfide) groups is 1. The monoisotopic (exact) mass is 355 g/mol. The van der Waals surface area contributed by atoms with Gasteiger partial charge in [0, 0.05) is 11.1 Å². The van der Waals surface area contributed by atoms with Crippen LogP contribution in [0, 0.1) is 0 Å². The molecule has 0 saturated heterocycles. The number of aryl methyl sites for hydroxylation is 2. The van der Waals surface area contributed by atoms with Gasteiger partial charge in [0.2, 0.25) is 5.91 Å². The molecular weight excluding hydrogens is 338 g/mol. The molecule has 0 aliphatic heterocycles. The van der Waals surface area contributed by atoms with Gasteiger partial charge in [-0.25, -0.2) is 9.97 Å². The topological polar surface area (TPSA) is 54.9 Å². The third-order valence-electron chi connectivity index (χ3n) is 4.25. The van der Waals surface area contributed by atoms with E-state index in [9.17, 15) is 4.79 Å². The molecule has 6 heteroatoms. The van der Waals surface area contributed by atoms with Crippen LogP contribution in [0.3, 0.4) is 0 Å². The predicted octanol–water partition coefficient (Wildman–Crippen LogP) is 4.30. The molecule has 1 atom stereocenters. The predicted molar refractivity (Wildman–Crippen MR) is 99.8 cm³/mol. The number of carbonyl (C=O) groups is 1. The van der Waals surface area contributed by atoms with Crippen molar-refractivity contribution in [3.63, 3.8) is 0 Å². The van der Waals surface area contributed by atoms with Crippen molar-refractivity contribution in [1.82, 2.24) is 9.97 Å². The van der Waals surface area contributed by atoms with Crippen LogP contribution in [0.4, 0.5) is 5.69 Å². The molecule has 0 fully saturated rings. The van der Waals surface area contributed by atoms with Crippen LogP contribution in [0.25, 0.3) is 10.2 Å². The highest BCUT2D eigenvalue weighted by molar-refractivity contribution is 8.00. The van der Waals surface area contributed by atoms with E-state index in [1.54, 1.807) is 17.7 Å². The third kappa shape index (κ3) is 3.03. The van der Waals surface area contributed by atoms with E-state index in [-0.39, 0.29) is 11.2 Å². The summed E-state index contributed by atoms with van der Waals surface area (Å²) in [6.45, 7) is 1.91. The summed E-state index contributed by atoms with van der Waals surface area (Å²) >= 11 is 3.06. The maximum Gasteiger partial charge on any atom is 0.237 e. The van der Waals surface area contributed by atoms with E-state index >= 15 is 0 Å². The van der Waals surface area contributed by atoms with Gasteiger partial charge in [-0.1, -0.05) is 17.8 Å². The Labute approximate surface area is 148 Å². The van der Waals surface area contributed by atoms with Crippen LogP contribution in [-0.4, -0.2) is 21.1 Å². The first-order valence-electron chi connectivity index (χ1n) is 7.98. The standard InChI is InChI=1S/C18H17N3OS2/c1-11(24-18-15-7-8-23-17(15)19-10-20-18)16(22)21-14-6-5-12-3-2-4-13(12)9-14/h5-11H,2-4H2,1H3,(H,21,22)/t11-/m1/s1. The number of carbonyl (C=O) groups excluding carboxylic acids is 1. The van der Waals surface area contributed by atoms with Crippen molar-refractivity contribution in [1.29, 1.82) is 0 Å². The zero-order chi connectivity index (χ0) is 16.5. The van der Waals surface area contributed by atoms with E-state index in [1.165, 1.54) is 29.3 Å². The third-order valence-corrected chi connectivity index (χ3v) is 6.19. The SMILES string of the molecule is C[C@@H](Sc1ncnc2sccc12)C(=O)Nc1ccc2c(c1)CCC2. The van der Waals surface area contributed by atoms with E-state index in [2.05, 4.69) is 27.4 Å². The van der Waals surface area contributed by atoms with Gasteiger partial charge >= 0.3 is 0 Å². The largest absolute Gasteiger partial charge is 0.325 e. The Hall–Kier alpha value is -1.92. The van der Waals surface area contributed by atoms with E-state index in [4.69, 9.17) is 0 Å². The minimum absolute atomic E-state index is 0.0000567. The zero-order valence-corrected chi connectivity index (χ0v) is 14.9. The van der Waals surface area contributed by atoms with Crippen molar-refractivity contribution in [2.75, 3.05) is 5.32 Å². The second kappa shape index (κ2) is 6.53. The highest BCUT2D eigenvalue weighted by atomic mass is 32.2. The molecule has 1 aromatic carbocycles. The number of amides is 1. The van der Waals surface area contributed by atoms with E-state index in [0.29, 0.717) is 0 Å². The van der Waals surface area contributed by atoms with Crippen LogP contribution < -0.4 is 5.32 Å². The molecule has 0 radical (unpaired) electrons. The summed E-state index contributed by atoms with van der Waals surface area (Å²) < 4.78 is 0. The maximum atomic E-state index is 12.5. The second-order valence-electron chi connectivity index (χ2n) is 5.90. The Morgan fingerprint density at radius 3 is 3.04 bits per heavy atom. The number of fused-ring (bicyclic) bond motifs is 2. The number of hydrogen-bond acceptors (Lipinski definition) is 5. The first-order chi connectivity index (χ1) is 11.7. The van der Waals surface area contributed by atoms with E-state index in [1.807, 2.05) is 24.4 Å². The molecule has 1 N–H and O–H groups in total. The van der Waals surface area contributed by atoms with Crippen molar-refractivity contribution in [2.45, 2.75) is 36.5 Å². The second-order valence-corrected chi connectivity index (χ2v) is 8.13. The lowest BCUT2D eigenvalue weighted by Gasteiger charge is -2.13. The molecule has 1 amide bonds. The fourth-order valence-corrected chi connectivity index (χ4v) is 4.67. The Kier molecular flexibility index (Phi) is 4.24. The summed E-state index contributed by atoms with van der Waals surface area (Å²) in [5.41, 5.74) is 3.66. The lowest BCUT2D eigenvalue weighted by molar-refractivity contribution is -0.115. The van der Waals surface area contributed by atoms with Crippen LogP contribution in [0.2, 0.25) is 0 Å². The molecule has 0 saturated carbocycles. The van der Waals surface area contributed by atoms with Gasteiger partial charge in [-0.3, -0.25) is 4.79 Å². The van der Waals surface area contributed by atoms with Gasteiger partial charge in [-0.05, 0) is 60.9 Å². The summed E-state index contributed by atoms with van der Waals surface area (Å²) in [5, 5.41) is 6.68. The molecule has 2 heterocycles. The number of benzene rings is 1. The molecule has 0 spiro atoms. The van der Waals surface area contributed by atoms with Crippen LogP contribution in [0.15, 0.2) is 41.0 Å². The van der Waals surface area contributed by atoms with Crippen molar-refractivity contribution < 1.29 is 4.79 Å². The smallest absolute Gasteiger partial charge is 0.237 e. The van der Waals surface area contributed by atoms with E-state index < -0.39 is 0 Å². The number of thiophene rings is 1. The van der Waals surface area contributed by atoms with Gasteiger partial charge in [-0.2, -0.15) is 0 Å². The Morgan fingerprint density at radius 2 is 2.12 bits per heavy atom. The average molecular weight is 355 g/mol. The number of aromatic nitrogens is 2. The normalized spacial score (nSPS) is 14.5. The van der Waals surface area contributed by atoms with Gasteiger partial charge in [0.25, 0.3) is 0 Å². The Balaban J connectivity index is 1.47. The molecule has 3 aromatic rings. The highest BCUT2D eigenvalue weighted by Crippen LogP contribution is 2.31. The number of anilines is 1. The first-order valence-corrected chi connectivity index (χ1v) is 9.74. The maximum absolute atomic E-state index is 12.5. The van der Waals surface area contributed by atoms with Crippen molar-refractivity contribution in [3.8, 4) is 0 Å². The minimum atomic E-state index is -0.226. The first kappa shape index (κ1) is 15.6. The zero-order valence-electron chi connectivity index (χ0n) is 13.3. The Bertz CT molecular complexity index is 906. The quantitative estimate of drug-likeness (QED) is 0.560. The number of nitrogens with zero attached hydrogens (tertiary/aromatic N) is 2. The molecule has 1 aliphatic rings. The molecule has 4 nitrogen and oxygen atoms in total. The summed E-state index contributed by atoms with van der Waals surface area (Å²) in [4.78, 5) is 22.1. The summed E-state index contributed by atoms with van der Waals surface area (Å²) in [7, 11) is 0. The molecule has 122 valence electrons. The van der Waals surface area contributed by atoms with Crippen molar-refractivity contribution >= 4 is 44.9 Å². The lowest BCUT2D eigenvalue weighted by atomic mass is 10.1. The van der Waals surface area contributed by atoms with Crippen LogP contribution in [0.5, 0.6) is 0 Å². The number of rotatable bonds is 4. The molecule has 0 unspecified atom stereocenters. The molecular formula is C18H17N3OS2. The average Bonchev–Trinajstić information content (AvgIpc) is 3.23. The molecule has 1 aliphatic carbocycles. The van der Waals surface area contributed by atoms with Gasteiger partial charge < -0.3 is 5.32 Å². The summed E-state index contributed by atoms with van der Waals surface area (Å²) in [6.07, 6.45) is 5.04. The van der Waals surface area contributed by atoms with Crippen molar-refractivity contribution in [2.24, 2.45) is 0 Å². The fraction of sp³-hybridized carbons (Fsp3) is 0.278. The molecule has 24 heavy (non-hydrogen) atoms. The summed E-state index contributed by atoms with van der Waals surface area (Å²) in [5.74, 6) is -0.0000567. The van der Waals surface area contributed by atoms with Gasteiger partial charge in [0.1, 0.15) is 16.2 Å². The van der Waals surface area contributed by atoms with Crippen LogP contribution >= 0.6 is 23.1 Å². The van der Waals surface area contributed by atoms with Crippen molar-refractivity contribution in [3.05, 3.63) is 47.1 Å². The van der Waals surface area contributed by atoms with Gasteiger partial charge in [0.05, 0.1) is 5.25 Å². The minimum Gasteiger partial charge on any atom is -0.325 e. The fourth-order valence-electron chi connectivity index (χ4n) is 2.98. The molecule has 0 bridgehead atoms. The van der Waals surface area contributed by atoms with Crippen LogP contribution in [0.1, 0.15) is 24.5 Å². The molecule has 2 aromatic heterocycles. The van der Waals surface area contributed by atoms with Crippen LogP contribution in [-0.2, 0) is 17.6 Å². The van der Waals surface area contributed by atoms with Gasteiger partial charge in [-0.15, -0.1) is 11.3 Å². The number of nitrogens with one attached hydrogen (secondary N) is 1. The van der Waals surface area contributed by atoms with E-state index in [0.717, 1.165) is 33.8 Å².